The topological polar surface area (TPSA) is 56.1 Å². The summed E-state index contributed by atoms with van der Waals surface area (Å²) in [7, 11) is 1.93. The molecule has 1 aliphatic rings. The number of nitrogens with one attached hydrogen (secondary N) is 1. The van der Waals surface area contributed by atoms with Crippen molar-refractivity contribution in [1.82, 2.24) is 9.78 Å². The highest BCUT2D eigenvalue weighted by Crippen LogP contribution is 2.47. The van der Waals surface area contributed by atoms with Gasteiger partial charge in [-0.1, -0.05) is 54.1 Å². The smallest absolute Gasteiger partial charge is 0.336 e. The van der Waals surface area contributed by atoms with Gasteiger partial charge in [0.05, 0.1) is 17.9 Å². The second kappa shape index (κ2) is 7.82. The van der Waals surface area contributed by atoms with Gasteiger partial charge in [0.2, 0.25) is 0 Å². The molecule has 2 aromatic carbocycles. The molecule has 0 radical (unpaired) electrons. The third kappa shape index (κ3) is 3.30. The highest BCUT2D eigenvalue weighted by atomic mass is 16.5. The van der Waals surface area contributed by atoms with E-state index >= 15 is 0 Å². The average molecular weight is 402 g/mol. The molecule has 0 bridgehead atoms. The van der Waals surface area contributed by atoms with E-state index in [1.807, 2.05) is 43.8 Å². The first-order valence-electron chi connectivity index (χ1n) is 10.3. The summed E-state index contributed by atoms with van der Waals surface area (Å²) in [4.78, 5) is 13.1. The third-order valence-corrected chi connectivity index (χ3v) is 5.66. The van der Waals surface area contributed by atoms with Gasteiger partial charge in [-0.05, 0) is 38.8 Å². The molecule has 1 unspecified atom stereocenters. The molecule has 0 saturated heterocycles. The summed E-state index contributed by atoms with van der Waals surface area (Å²) in [6.07, 6.45) is 0. The first-order chi connectivity index (χ1) is 14.4. The van der Waals surface area contributed by atoms with Crippen LogP contribution in [0.4, 0.5) is 5.82 Å². The SMILES string of the molecule is CCOC(=O)C1=C(C)Nc2c(c(-c3ccccc3)nn2C)C1c1cc(C)ccc1C. The van der Waals surface area contributed by atoms with Crippen LogP contribution >= 0.6 is 0 Å². The molecule has 30 heavy (non-hydrogen) atoms. The average Bonchev–Trinajstić information content (AvgIpc) is 3.06. The zero-order chi connectivity index (χ0) is 21.4. The molecule has 154 valence electrons. The summed E-state index contributed by atoms with van der Waals surface area (Å²) < 4.78 is 7.34. The fourth-order valence-corrected chi connectivity index (χ4v) is 4.24. The van der Waals surface area contributed by atoms with E-state index in [2.05, 4.69) is 49.5 Å². The molecular formula is C25H27N3O2. The van der Waals surface area contributed by atoms with Crippen LogP contribution in [0, 0.1) is 13.8 Å². The van der Waals surface area contributed by atoms with Crippen molar-refractivity contribution >= 4 is 11.8 Å². The summed E-state index contributed by atoms with van der Waals surface area (Å²) in [6.45, 7) is 8.27. The van der Waals surface area contributed by atoms with Crippen molar-refractivity contribution in [3.63, 3.8) is 0 Å². The molecule has 5 nitrogen and oxygen atoms in total. The van der Waals surface area contributed by atoms with Gasteiger partial charge in [-0.15, -0.1) is 0 Å². The normalized spacial score (nSPS) is 15.6. The van der Waals surface area contributed by atoms with Crippen LogP contribution in [-0.2, 0) is 16.6 Å². The van der Waals surface area contributed by atoms with Crippen molar-refractivity contribution in [1.29, 1.82) is 0 Å². The van der Waals surface area contributed by atoms with Crippen LogP contribution in [-0.4, -0.2) is 22.4 Å². The Hall–Kier alpha value is -3.34. The largest absolute Gasteiger partial charge is 0.463 e. The molecule has 0 aliphatic carbocycles. The minimum atomic E-state index is -0.290. The second-order valence-corrected chi connectivity index (χ2v) is 7.78. The van der Waals surface area contributed by atoms with Gasteiger partial charge in [0.25, 0.3) is 0 Å². The second-order valence-electron chi connectivity index (χ2n) is 7.78. The zero-order valence-corrected chi connectivity index (χ0v) is 18.1. The fraction of sp³-hybridized carbons (Fsp3) is 0.280. The molecule has 1 atom stereocenters. The van der Waals surface area contributed by atoms with Crippen molar-refractivity contribution in [3.8, 4) is 11.3 Å². The van der Waals surface area contributed by atoms with Gasteiger partial charge in [-0.3, -0.25) is 4.68 Å². The number of hydrogen-bond acceptors (Lipinski definition) is 4. The van der Waals surface area contributed by atoms with Crippen molar-refractivity contribution in [2.24, 2.45) is 7.05 Å². The Morgan fingerprint density at radius 3 is 2.57 bits per heavy atom. The Bertz CT molecular complexity index is 1140. The number of aryl methyl sites for hydroxylation is 3. The van der Waals surface area contributed by atoms with Crippen LogP contribution in [0.25, 0.3) is 11.3 Å². The van der Waals surface area contributed by atoms with Crippen molar-refractivity contribution < 1.29 is 9.53 Å². The summed E-state index contributed by atoms with van der Waals surface area (Å²) in [5.74, 6) is 0.358. The highest BCUT2D eigenvalue weighted by molar-refractivity contribution is 5.96. The summed E-state index contributed by atoms with van der Waals surface area (Å²) in [5, 5.41) is 8.26. The zero-order valence-electron chi connectivity index (χ0n) is 18.1. The van der Waals surface area contributed by atoms with Crippen LogP contribution in [0.1, 0.15) is 42.0 Å². The number of fused-ring (bicyclic) bond motifs is 1. The minimum Gasteiger partial charge on any atom is -0.463 e. The van der Waals surface area contributed by atoms with Gasteiger partial charge >= 0.3 is 5.97 Å². The lowest BCUT2D eigenvalue weighted by molar-refractivity contribution is -0.138. The molecule has 4 rings (SSSR count). The summed E-state index contributed by atoms with van der Waals surface area (Å²) in [5.41, 5.74) is 7.74. The lowest BCUT2D eigenvalue weighted by atomic mass is 9.78. The Labute approximate surface area is 177 Å². The molecule has 0 amide bonds. The number of carbonyl (C=O) groups is 1. The molecule has 5 heteroatoms. The first-order valence-corrected chi connectivity index (χ1v) is 10.3. The van der Waals surface area contributed by atoms with Crippen molar-refractivity contribution in [2.45, 2.75) is 33.6 Å². The quantitative estimate of drug-likeness (QED) is 0.618. The van der Waals surface area contributed by atoms with Crippen LogP contribution in [0.3, 0.4) is 0 Å². The molecule has 1 aromatic heterocycles. The van der Waals surface area contributed by atoms with Crippen LogP contribution in [0.15, 0.2) is 59.8 Å². The predicted octanol–water partition coefficient (Wildman–Crippen LogP) is 5.10. The number of nitrogens with zero attached hydrogens (tertiary/aromatic N) is 2. The maximum atomic E-state index is 13.1. The van der Waals surface area contributed by atoms with Crippen molar-refractivity contribution in [2.75, 3.05) is 11.9 Å². The summed E-state index contributed by atoms with van der Waals surface area (Å²) >= 11 is 0. The number of allylic oxidation sites excluding steroid dienone is 1. The van der Waals surface area contributed by atoms with E-state index in [-0.39, 0.29) is 11.9 Å². The highest BCUT2D eigenvalue weighted by Gasteiger charge is 2.38. The number of anilines is 1. The number of rotatable bonds is 4. The molecule has 1 aliphatic heterocycles. The van der Waals surface area contributed by atoms with E-state index in [1.54, 1.807) is 0 Å². The van der Waals surface area contributed by atoms with Crippen LogP contribution in [0.5, 0.6) is 0 Å². The lowest BCUT2D eigenvalue weighted by Gasteiger charge is -2.30. The number of benzene rings is 2. The standard InChI is InChI=1S/C25H27N3O2/c1-6-30-25(29)20-17(4)26-24-22(21(20)19-14-15(2)12-13-16(19)3)23(27-28(24)5)18-10-8-7-9-11-18/h7-14,21,26H,6H2,1-5H3. The van der Waals surface area contributed by atoms with E-state index in [9.17, 15) is 4.79 Å². The van der Waals surface area contributed by atoms with Gasteiger partial charge in [0.15, 0.2) is 0 Å². The van der Waals surface area contributed by atoms with E-state index in [1.165, 1.54) is 0 Å². The molecule has 0 saturated carbocycles. The van der Waals surface area contributed by atoms with Crippen LogP contribution < -0.4 is 5.32 Å². The van der Waals surface area contributed by atoms with Crippen LogP contribution in [0.2, 0.25) is 0 Å². The van der Waals surface area contributed by atoms with Gasteiger partial charge in [0, 0.05) is 29.8 Å². The number of aromatic nitrogens is 2. The number of esters is 1. The monoisotopic (exact) mass is 401 g/mol. The van der Waals surface area contributed by atoms with Gasteiger partial charge in [-0.2, -0.15) is 5.10 Å². The number of carbonyl (C=O) groups excluding carboxylic acids is 1. The van der Waals surface area contributed by atoms with Crippen molar-refractivity contribution in [3.05, 3.63) is 82.1 Å². The van der Waals surface area contributed by atoms with E-state index < -0.39 is 0 Å². The van der Waals surface area contributed by atoms with E-state index in [0.717, 1.165) is 45.0 Å². The molecule has 2 heterocycles. The Morgan fingerprint density at radius 2 is 1.87 bits per heavy atom. The molecule has 0 fully saturated rings. The first kappa shape index (κ1) is 20.0. The lowest BCUT2D eigenvalue weighted by Crippen LogP contribution is -2.25. The predicted molar refractivity (Wildman–Crippen MR) is 119 cm³/mol. The molecule has 0 spiro atoms. The molecule has 3 aromatic rings. The maximum Gasteiger partial charge on any atom is 0.336 e. The van der Waals surface area contributed by atoms with E-state index in [4.69, 9.17) is 9.84 Å². The fourth-order valence-electron chi connectivity index (χ4n) is 4.24. The maximum absolute atomic E-state index is 13.1. The van der Waals surface area contributed by atoms with Gasteiger partial charge in [-0.25, -0.2) is 4.79 Å². The van der Waals surface area contributed by atoms with Gasteiger partial charge in [0.1, 0.15) is 5.82 Å². The van der Waals surface area contributed by atoms with Gasteiger partial charge < -0.3 is 10.1 Å². The van der Waals surface area contributed by atoms with E-state index in [0.29, 0.717) is 12.2 Å². The summed E-state index contributed by atoms with van der Waals surface area (Å²) in [6, 6.07) is 16.5. The molecular weight excluding hydrogens is 374 g/mol. The number of ether oxygens (including phenoxy) is 1. The third-order valence-electron chi connectivity index (χ3n) is 5.66. The Morgan fingerprint density at radius 1 is 1.13 bits per heavy atom. The minimum absolute atomic E-state index is 0.260. The number of hydrogen-bond donors (Lipinski definition) is 1. The molecule has 1 N–H and O–H groups in total. The Balaban J connectivity index is 2.03. The Kier molecular flexibility index (Phi) is 5.20.